The van der Waals surface area contributed by atoms with Crippen molar-refractivity contribution in [2.45, 2.75) is 71.8 Å². The van der Waals surface area contributed by atoms with Crippen LogP contribution in [0.3, 0.4) is 0 Å². The van der Waals surface area contributed by atoms with Gasteiger partial charge in [-0.25, -0.2) is 0 Å². The monoisotopic (exact) mass is 362 g/mol. The Labute approximate surface area is 164 Å². The van der Waals surface area contributed by atoms with Crippen LogP contribution in [0.1, 0.15) is 64.9 Å². The van der Waals surface area contributed by atoms with E-state index in [4.69, 9.17) is 0 Å². The number of aromatic amines is 1. The van der Waals surface area contributed by atoms with Gasteiger partial charge < -0.3 is 10.3 Å². The zero-order valence-corrected chi connectivity index (χ0v) is 17.1. The van der Waals surface area contributed by atoms with Gasteiger partial charge in [-0.05, 0) is 55.0 Å². The third kappa shape index (κ3) is 4.94. The highest BCUT2D eigenvalue weighted by Gasteiger charge is 2.13. The molecule has 3 aromatic rings. The molecular weight excluding hydrogens is 328 g/mol. The SMILES string of the molecule is CCCCc1cc(NC(CCC)CCC)c2[nH]c(-c3ccccc3)cc2c1. The first-order valence-electron chi connectivity index (χ1n) is 10.7. The summed E-state index contributed by atoms with van der Waals surface area (Å²) in [5.41, 5.74) is 6.40. The Morgan fingerprint density at radius 1 is 0.889 bits per heavy atom. The Morgan fingerprint density at radius 2 is 1.63 bits per heavy atom. The Kier molecular flexibility index (Phi) is 6.98. The fourth-order valence-corrected chi connectivity index (χ4v) is 3.92. The minimum atomic E-state index is 0.549. The van der Waals surface area contributed by atoms with E-state index in [0.717, 1.165) is 6.42 Å². The molecule has 1 aromatic heterocycles. The van der Waals surface area contributed by atoms with Gasteiger partial charge in [0.15, 0.2) is 0 Å². The third-order valence-electron chi connectivity index (χ3n) is 5.33. The lowest BCUT2D eigenvalue weighted by Gasteiger charge is -2.20. The van der Waals surface area contributed by atoms with Crippen LogP contribution in [0.4, 0.5) is 5.69 Å². The number of nitrogens with one attached hydrogen (secondary N) is 2. The van der Waals surface area contributed by atoms with Crippen molar-refractivity contribution >= 4 is 16.6 Å². The summed E-state index contributed by atoms with van der Waals surface area (Å²) in [7, 11) is 0. The van der Waals surface area contributed by atoms with Gasteiger partial charge in [-0.3, -0.25) is 0 Å². The number of anilines is 1. The van der Waals surface area contributed by atoms with Crippen molar-refractivity contribution < 1.29 is 0 Å². The Hall–Kier alpha value is -2.22. The molecule has 27 heavy (non-hydrogen) atoms. The number of hydrogen-bond acceptors (Lipinski definition) is 1. The molecule has 0 aliphatic heterocycles. The van der Waals surface area contributed by atoms with Gasteiger partial charge in [-0.15, -0.1) is 0 Å². The van der Waals surface area contributed by atoms with Crippen molar-refractivity contribution in [2.24, 2.45) is 0 Å². The smallest absolute Gasteiger partial charge is 0.0694 e. The van der Waals surface area contributed by atoms with E-state index >= 15 is 0 Å². The van der Waals surface area contributed by atoms with Gasteiger partial charge in [0.05, 0.1) is 11.2 Å². The molecule has 2 nitrogen and oxygen atoms in total. The lowest BCUT2D eigenvalue weighted by atomic mass is 10.0. The molecule has 144 valence electrons. The molecule has 0 radical (unpaired) electrons. The highest BCUT2D eigenvalue weighted by molar-refractivity contribution is 5.95. The first-order valence-corrected chi connectivity index (χ1v) is 10.7. The van der Waals surface area contributed by atoms with Gasteiger partial charge in [0.1, 0.15) is 0 Å². The minimum Gasteiger partial charge on any atom is -0.381 e. The molecule has 0 atom stereocenters. The van der Waals surface area contributed by atoms with Crippen molar-refractivity contribution in [1.82, 2.24) is 4.98 Å². The number of benzene rings is 2. The maximum atomic E-state index is 3.87. The lowest BCUT2D eigenvalue weighted by Crippen LogP contribution is -2.19. The molecule has 2 aromatic carbocycles. The fraction of sp³-hybridized carbons (Fsp3) is 0.440. The highest BCUT2D eigenvalue weighted by atomic mass is 14.9. The molecule has 0 saturated heterocycles. The van der Waals surface area contributed by atoms with Crippen molar-refractivity contribution in [3.63, 3.8) is 0 Å². The summed E-state index contributed by atoms with van der Waals surface area (Å²) >= 11 is 0. The summed E-state index contributed by atoms with van der Waals surface area (Å²) in [6, 6.07) is 18.2. The molecular formula is C25H34N2. The van der Waals surface area contributed by atoms with E-state index in [9.17, 15) is 0 Å². The van der Waals surface area contributed by atoms with Crippen LogP contribution in [0.5, 0.6) is 0 Å². The topological polar surface area (TPSA) is 27.8 Å². The van der Waals surface area contributed by atoms with Crippen LogP contribution in [0.15, 0.2) is 48.5 Å². The molecule has 0 amide bonds. The zero-order chi connectivity index (χ0) is 19.1. The molecule has 0 spiro atoms. The maximum absolute atomic E-state index is 3.87. The quantitative estimate of drug-likeness (QED) is 0.382. The molecule has 0 aliphatic rings. The summed E-state index contributed by atoms with van der Waals surface area (Å²) in [5.74, 6) is 0. The number of rotatable bonds is 10. The first kappa shape index (κ1) is 19.5. The number of hydrogen-bond donors (Lipinski definition) is 2. The second-order valence-corrected chi connectivity index (χ2v) is 7.68. The van der Waals surface area contributed by atoms with Gasteiger partial charge in [-0.2, -0.15) is 0 Å². The van der Waals surface area contributed by atoms with E-state index in [1.165, 1.54) is 71.9 Å². The number of aryl methyl sites for hydroxylation is 1. The summed E-state index contributed by atoms with van der Waals surface area (Å²) in [6.45, 7) is 6.82. The summed E-state index contributed by atoms with van der Waals surface area (Å²) in [4.78, 5) is 3.69. The summed E-state index contributed by atoms with van der Waals surface area (Å²) in [6.07, 6.45) is 8.51. The van der Waals surface area contributed by atoms with Crippen LogP contribution in [0.25, 0.3) is 22.2 Å². The molecule has 0 saturated carbocycles. The Morgan fingerprint density at radius 3 is 2.30 bits per heavy atom. The number of H-pyrrole nitrogens is 1. The van der Waals surface area contributed by atoms with E-state index < -0.39 is 0 Å². The number of fused-ring (bicyclic) bond motifs is 1. The van der Waals surface area contributed by atoms with E-state index in [2.05, 4.69) is 79.6 Å². The molecule has 1 heterocycles. The average molecular weight is 363 g/mol. The standard InChI is InChI=1S/C25H34N2/c1-4-7-13-19-16-21-18-23(20-14-9-8-10-15-20)27-25(21)24(17-19)26-22(11-5-2)12-6-3/h8-10,14-18,22,26-27H,4-7,11-13H2,1-3H3. The molecule has 0 aliphatic carbocycles. The van der Waals surface area contributed by atoms with Gasteiger partial charge in [0, 0.05) is 17.1 Å². The predicted octanol–water partition coefficient (Wildman–Crippen LogP) is 7.56. The normalized spacial score (nSPS) is 11.4. The Balaban J connectivity index is 2.01. The lowest BCUT2D eigenvalue weighted by molar-refractivity contribution is 0.586. The number of unbranched alkanes of at least 4 members (excludes halogenated alkanes) is 1. The van der Waals surface area contributed by atoms with Crippen LogP contribution in [0.2, 0.25) is 0 Å². The summed E-state index contributed by atoms with van der Waals surface area (Å²) < 4.78 is 0. The van der Waals surface area contributed by atoms with Crippen molar-refractivity contribution in [3.8, 4) is 11.3 Å². The predicted molar refractivity (Wildman–Crippen MR) is 120 cm³/mol. The first-order chi connectivity index (χ1) is 13.2. The largest absolute Gasteiger partial charge is 0.381 e. The molecule has 3 rings (SSSR count). The third-order valence-corrected chi connectivity index (χ3v) is 5.33. The van der Waals surface area contributed by atoms with Crippen LogP contribution in [-0.2, 0) is 6.42 Å². The molecule has 0 bridgehead atoms. The van der Waals surface area contributed by atoms with Crippen LogP contribution >= 0.6 is 0 Å². The van der Waals surface area contributed by atoms with E-state index in [1.54, 1.807) is 0 Å². The fourth-order valence-electron chi connectivity index (χ4n) is 3.92. The van der Waals surface area contributed by atoms with E-state index in [0.29, 0.717) is 6.04 Å². The van der Waals surface area contributed by atoms with E-state index in [-0.39, 0.29) is 0 Å². The highest BCUT2D eigenvalue weighted by Crippen LogP contribution is 2.32. The molecule has 0 unspecified atom stereocenters. The van der Waals surface area contributed by atoms with Gasteiger partial charge in [0.25, 0.3) is 0 Å². The second kappa shape index (κ2) is 9.64. The van der Waals surface area contributed by atoms with Crippen LogP contribution < -0.4 is 5.32 Å². The maximum Gasteiger partial charge on any atom is 0.0694 e. The van der Waals surface area contributed by atoms with Gasteiger partial charge in [0.2, 0.25) is 0 Å². The Bertz CT molecular complexity index is 826. The summed E-state index contributed by atoms with van der Waals surface area (Å²) in [5, 5.41) is 5.19. The second-order valence-electron chi connectivity index (χ2n) is 7.68. The molecule has 0 fully saturated rings. The molecule has 2 heteroatoms. The van der Waals surface area contributed by atoms with Crippen molar-refractivity contribution in [1.29, 1.82) is 0 Å². The van der Waals surface area contributed by atoms with Gasteiger partial charge in [-0.1, -0.05) is 70.4 Å². The van der Waals surface area contributed by atoms with Crippen LogP contribution in [0, 0.1) is 0 Å². The van der Waals surface area contributed by atoms with Crippen LogP contribution in [-0.4, -0.2) is 11.0 Å². The average Bonchev–Trinajstić information content (AvgIpc) is 3.12. The number of aromatic nitrogens is 1. The zero-order valence-electron chi connectivity index (χ0n) is 17.1. The van der Waals surface area contributed by atoms with Crippen molar-refractivity contribution in [3.05, 3.63) is 54.1 Å². The minimum absolute atomic E-state index is 0.549. The van der Waals surface area contributed by atoms with Gasteiger partial charge >= 0.3 is 0 Å². The van der Waals surface area contributed by atoms with E-state index in [1.807, 2.05) is 0 Å². The molecule has 2 N–H and O–H groups in total. The van der Waals surface area contributed by atoms with Crippen molar-refractivity contribution in [2.75, 3.05) is 5.32 Å².